The van der Waals surface area contributed by atoms with E-state index in [1.807, 2.05) is 45.0 Å². The van der Waals surface area contributed by atoms with Gasteiger partial charge in [0, 0.05) is 29.7 Å². The van der Waals surface area contributed by atoms with E-state index in [4.69, 9.17) is 4.74 Å². The molecule has 32 heavy (non-hydrogen) atoms. The first-order valence-corrected chi connectivity index (χ1v) is 12.3. The number of thioether (sulfide) groups is 1. The van der Waals surface area contributed by atoms with E-state index in [9.17, 15) is 9.59 Å². The van der Waals surface area contributed by atoms with Crippen LogP contribution >= 0.6 is 11.8 Å². The zero-order valence-corrected chi connectivity index (χ0v) is 20.7. The molecule has 0 heterocycles. The molecular weight excluding hydrogens is 420 g/mol. The second kappa shape index (κ2) is 13.2. The van der Waals surface area contributed by atoms with Gasteiger partial charge in [-0.1, -0.05) is 43.7 Å². The summed E-state index contributed by atoms with van der Waals surface area (Å²) in [6.45, 7) is 8.43. The average molecular weight is 457 g/mol. The van der Waals surface area contributed by atoms with Gasteiger partial charge in [0.25, 0.3) is 0 Å². The molecule has 0 radical (unpaired) electrons. The summed E-state index contributed by atoms with van der Waals surface area (Å²) in [5.41, 5.74) is 2.19. The van der Waals surface area contributed by atoms with Crippen LogP contribution in [0, 0.1) is 6.92 Å². The molecule has 2 aromatic carbocycles. The molecule has 0 aliphatic heterocycles. The van der Waals surface area contributed by atoms with Crippen LogP contribution in [-0.4, -0.2) is 41.7 Å². The van der Waals surface area contributed by atoms with Gasteiger partial charge in [-0.3, -0.25) is 9.59 Å². The molecule has 0 saturated carbocycles. The van der Waals surface area contributed by atoms with E-state index < -0.39 is 6.04 Å². The van der Waals surface area contributed by atoms with Crippen molar-refractivity contribution in [3.05, 3.63) is 59.7 Å². The Balaban J connectivity index is 2.13. The number of amides is 2. The second-order valence-electron chi connectivity index (χ2n) is 8.02. The third-order valence-electron chi connectivity index (χ3n) is 5.50. The molecule has 0 aromatic heterocycles. The Hall–Kier alpha value is -2.47. The lowest BCUT2D eigenvalue weighted by atomic mass is 10.1. The fourth-order valence-electron chi connectivity index (χ4n) is 3.32. The number of aryl methyl sites for hydroxylation is 1. The summed E-state index contributed by atoms with van der Waals surface area (Å²) in [5.74, 6) is 1.34. The molecule has 0 fully saturated rings. The van der Waals surface area contributed by atoms with Crippen molar-refractivity contribution in [2.75, 3.05) is 12.9 Å². The van der Waals surface area contributed by atoms with E-state index in [0.717, 1.165) is 22.6 Å². The van der Waals surface area contributed by atoms with Gasteiger partial charge in [-0.2, -0.15) is 0 Å². The van der Waals surface area contributed by atoms with Gasteiger partial charge >= 0.3 is 0 Å². The van der Waals surface area contributed by atoms with Crippen LogP contribution in [-0.2, 0) is 16.1 Å². The van der Waals surface area contributed by atoms with Crippen molar-refractivity contribution >= 4 is 23.6 Å². The van der Waals surface area contributed by atoms with Crippen LogP contribution in [0.2, 0.25) is 0 Å². The van der Waals surface area contributed by atoms with Crippen molar-refractivity contribution < 1.29 is 14.3 Å². The van der Waals surface area contributed by atoms with Gasteiger partial charge in [0.15, 0.2) is 0 Å². The van der Waals surface area contributed by atoms with Crippen LogP contribution < -0.4 is 10.1 Å². The topological polar surface area (TPSA) is 58.6 Å². The summed E-state index contributed by atoms with van der Waals surface area (Å²) in [4.78, 5) is 29.1. The number of rotatable bonds is 12. The molecule has 2 rings (SSSR count). The fourth-order valence-corrected chi connectivity index (χ4v) is 4.16. The van der Waals surface area contributed by atoms with Crippen molar-refractivity contribution in [2.24, 2.45) is 0 Å². The number of carbonyl (C=O) groups is 2. The Morgan fingerprint density at radius 2 is 1.69 bits per heavy atom. The first-order valence-electron chi connectivity index (χ1n) is 11.3. The van der Waals surface area contributed by atoms with Crippen molar-refractivity contribution in [2.45, 2.75) is 70.5 Å². The van der Waals surface area contributed by atoms with E-state index in [0.29, 0.717) is 25.1 Å². The number of carbonyl (C=O) groups excluding carboxylic acids is 2. The minimum Gasteiger partial charge on any atom is -0.497 e. The molecule has 2 aromatic rings. The molecule has 0 aliphatic rings. The largest absolute Gasteiger partial charge is 0.497 e. The van der Waals surface area contributed by atoms with Gasteiger partial charge in [0.2, 0.25) is 11.8 Å². The summed E-state index contributed by atoms with van der Waals surface area (Å²) in [6, 6.07) is 15.5. The average Bonchev–Trinajstić information content (AvgIpc) is 2.80. The number of methoxy groups -OCH3 is 1. The standard InChI is InChI=1S/C26H36N2O3S/c1-6-20(4)27-26(30)24(7-2)28(18-21-10-12-22(31-5)13-11-21)25(29)16-17-32-23-14-8-19(3)9-15-23/h8-15,20,24H,6-7,16-18H2,1-5H3,(H,27,30)/t20-,24+/m1/s1. The second-order valence-corrected chi connectivity index (χ2v) is 9.19. The lowest BCUT2D eigenvalue weighted by Gasteiger charge is -2.31. The van der Waals surface area contributed by atoms with Crippen LogP contribution in [0.4, 0.5) is 0 Å². The Morgan fingerprint density at radius 1 is 1.03 bits per heavy atom. The third-order valence-corrected chi connectivity index (χ3v) is 6.52. The Kier molecular flexibility index (Phi) is 10.6. The molecule has 2 amide bonds. The number of benzene rings is 2. The monoisotopic (exact) mass is 456 g/mol. The Morgan fingerprint density at radius 3 is 2.25 bits per heavy atom. The van der Waals surface area contributed by atoms with Gasteiger partial charge in [-0.05, 0) is 56.5 Å². The van der Waals surface area contributed by atoms with E-state index in [1.54, 1.807) is 23.8 Å². The van der Waals surface area contributed by atoms with Crippen molar-refractivity contribution in [1.82, 2.24) is 10.2 Å². The number of hydrogen-bond donors (Lipinski definition) is 1. The quantitative estimate of drug-likeness (QED) is 0.446. The molecule has 6 heteroatoms. The summed E-state index contributed by atoms with van der Waals surface area (Å²) in [6.07, 6.45) is 1.79. The molecule has 0 bridgehead atoms. The van der Waals surface area contributed by atoms with Gasteiger partial charge in [-0.25, -0.2) is 0 Å². The smallest absolute Gasteiger partial charge is 0.243 e. The van der Waals surface area contributed by atoms with E-state index in [-0.39, 0.29) is 17.9 Å². The maximum absolute atomic E-state index is 13.3. The Labute approximate surface area is 196 Å². The maximum Gasteiger partial charge on any atom is 0.243 e. The molecule has 0 spiro atoms. The number of nitrogens with one attached hydrogen (secondary N) is 1. The summed E-state index contributed by atoms with van der Waals surface area (Å²) < 4.78 is 5.24. The number of hydrogen-bond acceptors (Lipinski definition) is 4. The molecule has 2 atom stereocenters. The van der Waals surface area contributed by atoms with Crippen LogP contribution in [0.15, 0.2) is 53.4 Å². The molecule has 0 aliphatic carbocycles. The normalized spacial score (nSPS) is 12.7. The van der Waals surface area contributed by atoms with Gasteiger partial charge < -0.3 is 15.0 Å². The molecule has 0 saturated heterocycles. The van der Waals surface area contributed by atoms with E-state index >= 15 is 0 Å². The van der Waals surface area contributed by atoms with Crippen molar-refractivity contribution in [3.8, 4) is 5.75 Å². The third kappa shape index (κ3) is 7.90. The van der Waals surface area contributed by atoms with E-state index in [1.165, 1.54) is 5.56 Å². The van der Waals surface area contributed by atoms with Gasteiger partial charge in [0.05, 0.1) is 7.11 Å². The van der Waals surface area contributed by atoms with Crippen molar-refractivity contribution in [3.63, 3.8) is 0 Å². The zero-order chi connectivity index (χ0) is 23.5. The summed E-state index contributed by atoms with van der Waals surface area (Å²) >= 11 is 1.66. The Bertz CT molecular complexity index is 852. The van der Waals surface area contributed by atoms with Crippen molar-refractivity contribution in [1.29, 1.82) is 0 Å². The summed E-state index contributed by atoms with van der Waals surface area (Å²) in [7, 11) is 1.63. The van der Waals surface area contributed by atoms with Crippen LogP contribution in [0.1, 0.15) is 51.2 Å². The first-order chi connectivity index (χ1) is 15.4. The van der Waals surface area contributed by atoms with E-state index in [2.05, 4.69) is 36.5 Å². The fraction of sp³-hybridized carbons (Fsp3) is 0.462. The first kappa shape index (κ1) is 25.8. The molecular formula is C26H36N2O3S. The SMILES string of the molecule is CC[C@@H](C)NC(=O)[C@H](CC)N(Cc1ccc(OC)cc1)C(=O)CCSc1ccc(C)cc1. The molecule has 174 valence electrons. The minimum absolute atomic E-state index is 0.00780. The highest BCUT2D eigenvalue weighted by molar-refractivity contribution is 7.99. The number of ether oxygens (including phenoxy) is 1. The van der Waals surface area contributed by atoms with Gasteiger partial charge in [-0.15, -0.1) is 11.8 Å². The molecule has 0 unspecified atom stereocenters. The maximum atomic E-state index is 13.3. The minimum atomic E-state index is -0.497. The van der Waals surface area contributed by atoms with Crippen LogP contribution in [0.5, 0.6) is 5.75 Å². The highest BCUT2D eigenvalue weighted by Gasteiger charge is 2.29. The predicted molar refractivity (Wildman–Crippen MR) is 132 cm³/mol. The highest BCUT2D eigenvalue weighted by Crippen LogP contribution is 2.21. The lowest BCUT2D eigenvalue weighted by Crippen LogP contribution is -2.50. The molecule has 1 N–H and O–H groups in total. The number of nitrogens with zero attached hydrogens (tertiary/aromatic N) is 1. The predicted octanol–water partition coefficient (Wildman–Crippen LogP) is 5.21. The molecule has 5 nitrogen and oxygen atoms in total. The van der Waals surface area contributed by atoms with Crippen LogP contribution in [0.25, 0.3) is 0 Å². The zero-order valence-electron chi connectivity index (χ0n) is 19.9. The highest BCUT2D eigenvalue weighted by atomic mass is 32.2. The van der Waals surface area contributed by atoms with Gasteiger partial charge in [0.1, 0.15) is 11.8 Å². The van der Waals surface area contributed by atoms with Crippen LogP contribution in [0.3, 0.4) is 0 Å². The lowest BCUT2D eigenvalue weighted by molar-refractivity contribution is -0.141. The summed E-state index contributed by atoms with van der Waals surface area (Å²) in [5, 5.41) is 3.05.